The Bertz CT molecular complexity index is 637. The summed E-state index contributed by atoms with van der Waals surface area (Å²) in [4.78, 5) is 22.3. The molecule has 0 aliphatic carbocycles. The van der Waals surface area contributed by atoms with Crippen molar-refractivity contribution in [3.63, 3.8) is 0 Å². The molecule has 1 aromatic carbocycles. The second-order valence-electron chi connectivity index (χ2n) is 5.51. The van der Waals surface area contributed by atoms with E-state index < -0.39 is 0 Å². The van der Waals surface area contributed by atoms with E-state index in [2.05, 4.69) is 20.2 Å². The van der Waals surface area contributed by atoms with Gasteiger partial charge in [-0.15, -0.1) is 0 Å². The van der Waals surface area contributed by atoms with Crippen molar-refractivity contribution in [3.05, 3.63) is 48.5 Å². The van der Waals surface area contributed by atoms with Gasteiger partial charge in [-0.3, -0.25) is 9.78 Å². The third-order valence-corrected chi connectivity index (χ3v) is 4.06. The molecule has 1 aliphatic rings. The van der Waals surface area contributed by atoms with E-state index in [0.29, 0.717) is 11.8 Å². The van der Waals surface area contributed by atoms with Gasteiger partial charge in [0.1, 0.15) is 5.69 Å². The van der Waals surface area contributed by atoms with E-state index in [-0.39, 0.29) is 5.91 Å². The van der Waals surface area contributed by atoms with E-state index in [1.54, 1.807) is 13.3 Å². The van der Waals surface area contributed by atoms with Gasteiger partial charge in [0, 0.05) is 44.0 Å². The van der Waals surface area contributed by atoms with Crippen LogP contribution in [-0.4, -0.2) is 42.2 Å². The summed E-state index contributed by atoms with van der Waals surface area (Å²) in [5.74, 6) is -0.258. The summed E-state index contributed by atoms with van der Waals surface area (Å²) in [5, 5.41) is 2.82. The summed E-state index contributed by atoms with van der Waals surface area (Å²) in [6.45, 7) is 1.98. The summed E-state index contributed by atoms with van der Waals surface area (Å²) in [6, 6.07) is 7.87. The van der Waals surface area contributed by atoms with Crippen molar-refractivity contribution in [3.8, 4) is 0 Å². The normalized spacial score (nSPS) is 15.4. The third-order valence-electron chi connectivity index (χ3n) is 4.06. The molecule has 1 aliphatic heterocycles. The minimum Gasteiger partial charge on any atom is -0.381 e. The zero-order valence-electron chi connectivity index (χ0n) is 13.1. The quantitative estimate of drug-likeness (QED) is 0.938. The lowest BCUT2D eigenvalue weighted by Crippen LogP contribution is -2.36. The van der Waals surface area contributed by atoms with Crippen molar-refractivity contribution in [2.45, 2.75) is 18.9 Å². The summed E-state index contributed by atoms with van der Waals surface area (Å²) < 4.78 is 5.40. The van der Waals surface area contributed by atoms with E-state index in [0.717, 1.165) is 37.3 Å². The van der Waals surface area contributed by atoms with Crippen LogP contribution in [0.25, 0.3) is 0 Å². The van der Waals surface area contributed by atoms with Crippen LogP contribution >= 0.6 is 0 Å². The van der Waals surface area contributed by atoms with Crippen molar-refractivity contribution in [2.24, 2.45) is 0 Å². The highest BCUT2D eigenvalue weighted by Crippen LogP contribution is 2.23. The molecule has 2 aromatic rings. The average Bonchev–Trinajstić information content (AvgIpc) is 2.63. The zero-order valence-corrected chi connectivity index (χ0v) is 13.1. The smallest absolute Gasteiger partial charge is 0.275 e. The van der Waals surface area contributed by atoms with Crippen molar-refractivity contribution in [1.29, 1.82) is 0 Å². The van der Waals surface area contributed by atoms with Gasteiger partial charge >= 0.3 is 0 Å². The Balaban J connectivity index is 1.60. The van der Waals surface area contributed by atoms with Gasteiger partial charge in [0.05, 0.1) is 12.3 Å². The topological polar surface area (TPSA) is 67.3 Å². The summed E-state index contributed by atoms with van der Waals surface area (Å²) >= 11 is 0. The Morgan fingerprint density at radius 2 is 1.96 bits per heavy atom. The molecule has 6 nitrogen and oxygen atoms in total. The second-order valence-corrected chi connectivity index (χ2v) is 5.51. The van der Waals surface area contributed by atoms with Crippen LogP contribution in [0.1, 0.15) is 23.3 Å². The fraction of sp³-hybridized carbons (Fsp3) is 0.353. The van der Waals surface area contributed by atoms with Crippen LogP contribution < -0.4 is 10.2 Å². The van der Waals surface area contributed by atoms with Crippen molar-refractivity contribution in [2.75, 3.05) is 30.4 Å². The van der Waals surface area contributed by atoms with Gasteiger partial charge in [-0.25, -0.2) is 4.98 Å². The molecule has 1 fully saturated rings. The first-order valence-corrected chi connectivity index (χ1v) is 7.71. The molecule has 0 bridgehead atoms. The molecule has 1 amide bonds. The number of nitrogens with one attached hydrogen (secondary N) is 1. The van der Waals surface area contributed by atoms with Gasteiger partial charge in [-0.05, 0) is 37.1 Å². The summed E-state index contributed by atoms with van der Waals surface area (Å²) in [5.41, 5.74) is 2.21. The number of amides is 1. The number of methoxy groups -OCH3 is 1. The number of carbonyl (C=O) groups is 1. The van der Waals surface area contributed by atoms with Gasteiger partial charge in [-0.2, -0.15) is 0 Å². The molecule has 1 aromatic heterocycles. The monoisotopic (exact) mass is 312 g/mol. The van der Waals surface area contributed by atoms with E-state index in [1.165, 1.54) is 12.4 Å². The lowest BCUT2D eigenvalue weighted by molar-refractivity contribution is 0.0819. The van der Waals surface area contributed by atoms with E-state index in [1.807, 2.05) is 24.3 Å². The molecule has 2 heterocycles. The molecule has 0 radical (unpaired) electrons. The Labute approximate surface area is 135 Å². The number of rotatable bonds is 4. The first-order chi connectivity index (χ1) is 11.3. The molecule has 3 rings (SSSR count). The Morgan fingerprint density at radius 1 is 1.22 bits per heavy atom. The van der Waals surface area contributed by atoms with Crippen LogP contribution in [0, 0.1) is 0 Å². The van der Waals surface area contributed by atoms with Crippen molar-refractivity contribution < 1.29 is 9.53 Å². The number of ether oxygens (including phenoxy) is 1. The van der Waals surface area contributed by atoms with Crippen LogP contribution in [0.5, 0.6) is 0 Å². The highest BCUT2D eigenvalue weighted by molar-refractivity contribution is 6.02. The highest BCUT2D eigenvalue weighted by atomic mass is 16.5. The van der Waals surface area contributed by atoms with Crippen LogP contribution in [0.3, 0.4) is 0 Å². The summed E-state index contributed by atoms with van der Waals surface area (Å²) in [6.07, 6.45) is 6.95. The SMILES string of the molecule is COC1CCN(c2ccc(NC(=O)c3cnccn3)cc2)CC1. The standard InChI is InChI=1S/C17H20N4O2/c1-23-15-6-10-21(11-7-15)14-4-2-13(3-5-14)20-17(22)16-12-18-8-9-19-16/h2-5,8-9,12,15H,6-7,10-11H2,1H3,(H,20,22). The predicted molar refractivity (Wildman–Crippen MR) is 88.7 cm³/mol. The number of hydrogen-bond donors (Lipinski definition) is 1. The molecule has 1 N–H and O–H groups in total. The van der Waals surface area contributed by atoms with Gasteiger partial charge in [0.25, 0.3) is 5.91 Å². The molecule has 0 saturated carbocycles. The van der Waals surface area contributed by atoms with Crippen LogP contribution in [-0.2, 0) is 4.74 Å². The fourth-order valence-electron chi connectivity index (χ4n) is 2.72. The van der Waals surface area contributed by atoms with Gasteiger partial charge in [0.2, 0.25) is 0 Å². The molecule has 23 heavy (non-hydrogen) atoms. The molecular formula is C17H20N4O2. The number of carbonyl (C=O) groups excluding carboxylic acids is 1. The minimum atomic E-state index is -0.258. The molecule has 0 spiro atoms. The maximum absolute atomic E-state index is 12.0. The maximum Gasteiger partial charge on any atom is 0.275 e. The molecule has 1 saturated heterocycles. The Hall–Kier alpha value is -2.47. The van der Waals surface area contributed by atoms with Crippen LogP contribution in [0.4, 0.5) is 11.4 Å². The van der Waals surface area contributed by atoms with Crippen molar-refractivity contribution >= 4 is 17.3 Å². The number of piperidine rings is 1. The summed E-state index contributed by atoms with van der Waals surface area (Å²) in [7, 11) is 1.77. The van der Waals surface area contributed by atoms with Gasteiger partial charge < -0.3 is 15.0 Å². The molecule has 120 valence electrons. The molecule has 0 atom stereocenters. The molecule has 6 heteroatoms. The maximum atomic E-state index is 12.0. The van der Waals surface area contributed by atoms with E-state index in [9.17, 15) is 4.79 Å². The lowest BCUT2D eigenvalue weighted by atomic mass is 10.1. The largest absolute Gasteiger partial charge is 0.381 e. The van der Waals surface area contributed by atoms with Gasteiger partial charge in [0.15, 0.2) is 0 Å². The lowest BCUT2D eigenvalue weighted by Gasteiger charge is -2.33. The minimum absolute atomic E-state index is 0.258. The first kappa shape index (κ1) is 15.4. The first-order valence-electron chi connectivity index (χ1n) is 7.71. The van der Waals surface area contributed by atoms with Crippen LogP contribution in [0.15, 0.2) is 42.9 Å². The fourth-order valence-corrected chi connectivity index (χ4v) is 2.72. The number of anilines is 2. The second kappa shape index (κ2) is 7.19. The number of hydrogen-bond acceptors (Lipinski definition) is 5. The molecule has 0 unspecified atom stereocenters. The Kier molecular flexibility index (Phi) is 4.83. The van der Waals surface area contributed by atoms with Crippen molar-refractivity contribution in [1.82, 2.24) is 9.97 Å². The number of aromatic nitrogens is 2. The number of benzene rings is 1. The van der Waals surface area contributed by atoms with E-state index in [4.69, 9.17) is 4.74 Å². The predicted octanol–water partition coefficient (Wildman–Crippen LogP) is 2.34. The highest BCUT2D eigenvalue weighted by Gasteiger charge is 2.18. The average molecular weight is 312 g/mol. The molecular weight excluding hydrogens is 292 g/mol. The zero-order chi connectivity index (χ0) is 16.1. The van der Waals surface area contributed by atoms with Gasteiger partial charge in [-0.1, -0.05) is 0 Å². The number of nitrogens with zero attached hydrogens (tertiary/aromatic N) is 3. The third kappa shape index (κ3) is 3.84. The van der Waals surface area contributed by atoms with Crippen LogP contribution in [0.2, 0.25) is 0 Å². The van der Waals surface area contributed by atoms with E-state index >= 15 is 0 Å². The Morgan fingerprint density at radius 3 is 2.57 bits per heavy atom.